The molecule has 0 saturated carbocycles. The smallest absolute Gasteiger partial charge is 0.219 e. The van der Waals surface area contributed by atoms with Crippen LogP contribution in [0.1, 0.15) is 90.4 Å². The normalized spacial score (nSPS) is 10.5. The first-order valence-corrected chi connectivity index (χ1v) is 9.49. The van der Waals surface area contributed by atoms with Crippen molar-refractivity contribution in [1.82, 2.24) is 5.32 Å². The molecule has 23 heavy (non-hydrogen) atoms. The lowest BCUT2D eigenvalue weighted by molar-refractivity contribution is -0.121. The van der Waals surface area contributed by atoms with E-state index in [0.717, 1.165) is 19.3 Å². The average molecular weight is 327 g/mol. The number of hydrogen-bond donors (Lipinski definition) is 3. The molecule has 0 atom stereocenters. The van der Waals surface area contributed by atoms with E-state index in [1.165, 1.54) is 57.8 Å². The molecule has 0 saturated heterocycles. The summed E-state index contributed by atoms with van der Waals surface area (Å²) < 4.78 is 0. The monoisotopic (exact) mass is 326 g/mol. The zero-order valence-corrected chi connectivity index (χ0v) is 15.1. The van der Waals surface area contributed by atoms with E-state index in [4.69, 9.17) is 11.5 Å². The molecule has 0 aromatic carbocycles. The Hall–Kier alpha value is -1.26. The van der Waals surface area contributed by atoms with Crippen molar-refractivity contribution >= 4 is 11.9 Å². The van der Waals surface area contributed by atoms with Gasteiger partial charge in [0.1, 0.15) is 0 Å². The second-order valence-corrected chi connectivity index (χ2v) is 6.30. The highest BCUT2D eigenvalue weighted by Crippen LogP contribution is 2.11. The van der Waals surface area contributed by atoms with Gasteiger partial charge in [-0.1, -0.05) is 71.1 Å². The highest BCUT2D eigenvalue weighted by Gasteiger charge is 2.00. The number of nitrogens with zero attached hydrogens (tertiary/aromatic N) is 1. The number of nitrogens with one attached hydrogen (secondary N) is 1. The van der Waals surface area contributed by atoms with E-state index in [0.29, 0.717) is 19.5 Å². The third-order valence-electron chi connectivity index (χ3n) is 3.96. The van der Waals surface area contributed by atoms with Crippen molar-refractivity contribution in [1.29, 1.82) is 0 Å². The molecule has 0 heterocycles. The van der Waals surface area contributed by atoms with Crippen LogP contribution in [0.2, 0.25) is 0 Å². The maximum absolute atomic E-state index is 11.6. The number of carbonyl (C=O) groups is 1. The summed E-state index contributed by atoms with van der Waals surface area (Å²) in [5.74, 6) is 0.253. The van der Waals surface area contributed by atoms with E-state index in [1.54, 1.807) is 0 Å². The van der Waals surface area contributed by atoms with E-state index in [1.807, 2.05) is 0 Å². The molecule has 0 rings (SSSR count). The molecule has 5 nitrogen and oxygen atoms in total. The molecule has 1 amide bonds. The second-order valence-electron chi connectivity index (χ2n) is 6.30. The molecular formula is C18H38N4O. The molecule has 0 aromatic rings. The van der Waals surface area contributed by atoms with Crippen molar-refractivity contribution in [2.75, 3.05) is 13.1 Å². The number of guanidine groups is 1. The molecule has 0 bridgehead atoms. The minimum Gasteiger partial charge on any atom is -0.370 e. The number of aliphatic imine (C=N–C) groups is 1. The zero-order chi connectivity index (χ0) is 17.2. The van der Waals surface area contributed by atoms with Gasteiger partial charge in [-0.05, 0) is 12.8 Å². The van der Waals surface area contributed by atoms with Gasteiger partial charge < -0.3 is 16.8 Å². The van der Waals surface area contributed by atoms with Crippen molar-refractivity contribution in [3.63, 3.8) is 0 Å². The first-order valence-electron chi connectivity index (χ1n) is 9.49. The van der Waals surface area contributed by atoms with E-state index in [-0.39, 0.29) is 11.9 Å². The number of amides is 1. The van der Waals surface area contributed by atoms with Crippen molar-refractivity contribution in [3.05, 3.63) is 0 Å². The largest absolute Gasteiger partial charge is 0.370 e. The summed E-state index contributed by atoms with van der Waals surface area (Å²) in [7, 11) is 0. The lowest BCUT2D eigenvalue weighted by atomic mass is 10.1. The molecule has 0 aliphatic rings. The molecule has 5 heteroatoms. The Morgan fingerprint density at radius 1 is 0.826 bits per heavy atom. The summed E-state index contributed by atoms with van der Waals surface area (Å²) in [6.45, 7) is 3.47. The van der Waals surface area contributed by atoms with Crippen LogP contribution in [0.25, 0.3) is 0 Å². The van der Waals surface area contributed by atoms with E-state index in [9.17, 15) is 4.79 Å². The summed E-state index contributed by atoms with van der Waals surface area (Å²) in [4.78, 5) is 15.5. The number of carbonyl (C=O) groups excluding carboxylic acids is 1. The molecule has 0 aliphatic carbocycles. The number of rotatable bonds is 16. The standard InChI is InChI=1S/C18H38N4O/c1-2-3-4-5-6-7-8-9-10-11-12-14-17(23)21-15-13-16-22-18(19)20/h2-16H2,1H3,(H,21,23)(H4,19,20,22). The van der Waals surface area contributed by atoms with Crippen LogP contribution in [-0.2, 0) is 4.79 Å². The minimum absolute atomic E-state index is 0.109. The van der Waals surface area contributed by atoms with Gasteiger partial charge in [0.05, 0.1) is 0 Å². The van der Waals surface area contributed by atoms with Gasteiger partial charge in [0.2, 0.25) is 5.91 Å². The zero-order valence-electron chi connectivity index (χ0n) is 15.1. The summed E-state index contributed by atoms with van der Waals surface area (Å²) in [6.07, 6.45) is 15.8. The van der Waals surface area contributed by atoms with Crippen LogP contribution in [-0.4, -0.2) is 25.0 Å². The van der Waals surface area contributed by atoms with Crippen LogP contribution >= 0.6 is 0 Å². The summed E-state index contributed by atoms with van der Waals surface area (Å²) in [5.41, 5.74) is 10.5. The first-order chi connectivity index (χ1) is 11.2. The van der Waals surface area contributed by atoms with Crippen LogP contribution in [0.5, 0.6) is 0 Å². The Kier molecular flexibility index (Phi) is 16.2. The third kappa shape index (κ3) is 18.7. The van der Waals surface area contributed by atoms with Crippen LogP contribution < -0.4 is 16.8 Å². The molecule has 0 radical (unpaired) electrons. The molecule has 5 N–H and O–H groups in total. The highest BCUT2D eigenvalue weighted by molar-refractivity contribution is 5.76. The van der Waals surface area contributed by atoms with E-state index < -0.39 is 0 Å². The van der Waals surface area contributed by atoms with E-state index in [2.05, 4.69) is 17.2 Å². The van der Waals surface area contributed by atoms with Gasteiger partial charge in [-0.2, -0.15) is 0 Å². The predicted molar refractivity (Wildman–Crippen MR) is 99.4 cm³/mol. The van der Waals surface area contributed by atoms with Crippen molar-refractivity contribution in [2.24, 2.45) is 16.5 Å². The van der Waals surface area contributed by atoms with Crippen molar-refractivity contribution < 1.29 is 4.79 Å². The maximum atomic E-state index is 11.6. The Balaban J connectivity index is 3.19. The Morgan fingerprint density at radius 2 is 1.35 bits per heavy atom. The van der Waals surface area contributed by atoms with Crippen molar-refractivity contribution in [3.8, 4) is 0 Å². The van der Waals surface area contributed by atoms with Gasteiger partial charge >= 0.3 is 0 Å². The number of nitrogens with two attached hydrogens (primary N) is 2. The summed E-state index contributed by atoms with van der Waals surface area (Å²) >= 11 is 0. The van der Waals surface area contributed by atoms with Crippen LogP contribution in [0.4, 0.5) is 0 Å². The van der Waals surface area contributed by atoms with Gasteiger partial charge in [0.25, 0.3) is 0 Å². The molecule has 136 valence electrons. The predicted octanol–water partition coefficient (Wildman–Crippen LogP) is 3.47. The lowest BCUT2D eigenvalue weighted by Gasteiger charge is -2.05. The molecule has 0 aromatic heterocycles. The highest BCUT2D eigenvalue weighted by atomic mass is 16.1. The fourth-order valence-corrected chi connectivity index (χ4v) is 2.55. The first kappa shape index (κ1) is 21.7. The Morgan fingerprint density at radius 3 is 1.87 bits per heavy atom. The minimum atomic E-state index is 0.109. The van der Waals surface area contributed by atoms with Crippen molar-refractivity contribution in [2.45, 2.75) is 90.4 Å². The van der Waals surface area contributed by atoms with Crippen LogP contribution in [0, 0.1) is 0 Å². The van der Waals surface area contributed by atoms with Gasteiger partial charge in [-0.15, -0.1) is 0 Å². The van der Waals surface area contributed by atoms with Crippen LogP contribution in [0.3, 0.4) is 0 Å². The molecule has 0 fully saturated rings. The lowest BCUT2D eigenvalue weighted by Crippen LogP contribution is -2.26. The Labute approximate surface area is 142 Å². The van der Waals surface area contributed by atoms with Gasteiger partial charge in [0, 0.05) is 19.5 Å². The van der Waals surface area contributed by atoms with Gasteiger partial charge in [0.15, 0.2) is 5.96 Å². The Bertz CT molecular complexity index is 301. The molecular weight excluding hydrogens is 288 g/mol. The van der Waals surface area contributed by atoms with E-state index >= 15 is 0 Å². The summed E-state index contributed by atoms with van der Waals surface area (Å²) in [5, 5.41) is 2.90. The molecule has 0 spiro atoms. The number of hydrogen-bond acceptors (Lipinski definition) is 2. The maximum Gasteiger partial charge on any atom is 0.219 e. The fourth-order valence-electron chi connectivity index (χ4n) is 2.55. The topological polar surface area (TPSA) is 93.5 Å². The molecule has 0 aliphatic heterocycles. The average Bonchev–Trinajstić information content (AvgIpc) is 2.52. The van der Waals surface area contributed by atoms with Gasteiger partial charge in [-0.25, -0.2) is 0 Å². The fraction of sp³-hybridized carbons (Fsp3) is 0.889. The summed E-state index contributed by atoms with van der Waals surface area (Å²) in [6, 6.07) is 0. The van der Waals surface area contributed by atoms with Crippen LogP contribution in [0.15, 0.2) is 4.99 Å². The van der Waals surface area contributed by atoms with Gasteiger partial charge in [-0.3, -0.25) is 9.79 Å². The third-order valence-corrected chi connectivity index (χ3v) is 3.96. The molecule has 0 unspecified atom stereocenters. The SMILES string of the molecule is CCCCCCCCCCCCCC(=O)NCCCN=C(N)N. The number of unbranched alkanes of at least 4 members (excludes halogenated alkanes) is 10. The quantitative estimate of drug-likeness (QED) is 0.230. The second kappa shape index (κ2) is 17.1.